The Morgan fingerprint density at radius 3 is 2.33 bits per heavy atom. The fourth-order valence-corrected chi connectivity index (χ4v) is 3.42. The molecule has 1 unspecified atom stereocenters. The molecule has 0 aliphatic heterocycles. The molecule has 2 aromatic carbocycles. The minimum absolute atomic E-state index is 0.112. The van der Waals surface area contributed by atoms with E-state index >= 15 is 0 Å². The van der Waals surface area contributed by atoms with Crippen LogP contribution in [0.2, 0.25) is 0 Å². The van der Waals surface area contributed by atoms with Gasteiger partial charge in [-0.25, -0.2) is 0 Å². The summed E-state index contributed by atoms with van der Waals surface area (Å²) in [6.45, 7) is 0. The Bertz CT molecular complexity index is 687. The standard InChI is InChI=1S/C18H15BrO2/c1-21-14-9-7-13(8-10-14)17-15(11-16(20)18(17)19)12-5-3-2-4-6-12/h2-10,15H,11H2,1H3. The Morgan fingerprint density at radius 2 is 1.71 bits per heavy atom. The van der Waals surface area contributed by atoms with Gasteiger partial charge in [0, 0.05) is 12.3 Å². The van der Waals surface area contributed by atoms with Crippen molar-refractivity contribution >= 4 is 27.3 Å². The normalized spacial score (nSPS) is 18.2. The largest absolute Gasteiger partial charge is 0.497 e. The Morgan fingerprint density at radius 1 is 1.05 bits per heavy atom. The number of carbonyl (C=O) groups excluding carboxylic acids is 1. The minimum Gasteiger partial charge on any atom is -0.497 e. The van der Waals surface area contributed by atoms with Crippen molar-refractivity contribution in [3.05, 3.63) is 70.2 Å². The molecule has 0 spiro atoms. The number of rotatable bonds is 3. The maximum absolute atomic E-state index is 12.1. The second-order valence-electron chi connectivity index (χ2n) is 5.05. The molecule has 3 heteroatoms. The van der Waals surface area contributed by atoms with Crippen molar-refractivity contribution in [2.45, 2.75) is 12.3 Å². The summed E-state index contributed by atoms with van der Waals surface area (Å²) < 4.78 is 5.89. The molecule has 0 aromatic heterocycles. The molecule has 1 atom stereocenters. The van der Waals surface area contributed by atoms with Crippen LogP contribution in [0.3, 0.4) is 0 Å². The van der Waals surface area contributed by atoms with Gasteiger partial charge in [0.2, 0.25) is 0 Å². The van der Waals surface area contributed by atoms with E-state index in [1.54, 1.807) is 7.11 Å². The first kappa shape index (κ1) is 14.1. The van der Waals surface area contributed by atoms with Gasteiger partial charge in [0.25, 0.3) is 0 Å². The summed E-state index contributed by atoms with van der Waals surface area (Å²) in [7, 11) is 1.65. The first-order valence-electron chi connectivity index (χ1n) is 6.83. The molecule has 0 bridgehead atoms. The number of methoxy groups -OCH3 is 1. The number of benzene rings is 2. The summed E-state index contributed by atoms with van der Waals surface area (Å²) in [5, 5.41) is 0. The highest BCUT2D eigenvalue weighted by atomic mass is 79.9. The topological polar surface area (TPSA) is 26.3 Å². The van der Waals surface area contributed by atoms with Crippen molar-refractivity contribution in [2.24, 2.45) is 0 Å². The fourth-order valence-electron chi connectivity index (χ4n) is 2.75. The molecule has 0 fully saturated rings. The number of carbonyl (C=O) groups is 1. The lowest BCUT2D eigenvalue weighted by Crippen LogP contribution is -1.99. The van der Waals surface area contributed by atoms with Gasteiger partial charge in [-0.05, 0) is 44.8 Å². The van der Waals surface area contributed by atoms with Crippen molar-refractivity contribution in [1.29, 1.82) is 0 Å². The van der Waals surface area contributed by atoms with Gasteiger partial charge >= 0.3 is 0 Å². The molecule has 1 aliphatic rings. The first-order chi connectivity index (χ1) is 10.2. The van der Waals surface area contributed by atoms with Crippen LogP contribution in [-0.2, 0) is 4.79 Å². The van der Waals surface area contributed by atoms with E-state index in [-0.39, 0.29) is 11.7 Å². The third-order valence-corrected chi connectivity index (χ3v) is 4.69. The number of hydrogen-bond donors (Lipinski definition) is 0. The van der Waals surface area contributed by atoms with Crippen LogP contribution >= 0.6 is 15.9 Å². The summed E-state index contributed by atoms with van der Waals surface area (Å²) in [6, 6.07) is 18.0. The number of halogens is 1. The molecule has 0 radical (unpaired) electrons. The highest BCUT2D eigenvalue weighted by Gasteiger charge is 2.32. The predicted molar refractivity (Wildman–Crippen MR) is 87.6 cm³/mol. The maximum atomic E-state index is 12.1. The number of ketones is 1. The number of ether oxygens (including phenoxy) is 1. The quantitative estimate of drug-likeness (QED) is 0.817. The van der Waals surface area contributed by atoms with Crippen LogP contribution in [0.4, 0.5) is 0 Å². The molecule has 21 heavy (non-hydrogen) atoms. The molecule has 0 N–H and O–H groups in total. The highest BCUT2D eigenvalue weighted by Crippen LogP contribution is 2.45. The Kier molecular flexibility index (Phi) is 3.93. The molecule has 0 heterocycles. The van der Waals surface area contributed by atoms with Crippen LogP contribution in [0.5, 0.6) is 5.75 Å². The van der Waals surface area contributed by atoms with Gasteiger partial charge in [0.05, 0.1) is 11.6 Å². The van der Waals surface area contributed by atoms with Gasteiger partial charge in [-0.1, -0.05) is 42.5 Å². The van der Waals surface area contributed by atoms with Crippen molar-refractivity contribution in [1.82, 2.24) is 0 Å². The summed E-state index contributed by atoms with van der Waals surface area (Å²) in [5.74, 6) is 1.09. The zero-order valence-electron chi connectivity index (χ0n) is 11.7. The number of Topliss-reactive ketones (excluding diaryl/α,β-unsaturated/α-hetero) is 1. The monoisotopic (exact) mass is 342 g/mol. The second-order valence-corrected chi connectivity index (χ2v) is 5.84. The summed E-state index contributed by atoms with van der Waals surface area (Å²) in [4.78, 5) is 12.1. The van der Waals surface area contributed by atoms with Crippen molar-refractivity contribution in [2.75, 3.05) is 7.11 Å². The van der Waals surface area contributed by atoms with Gasteiger partial charge in [-0.2, -0.15) is 0 Å². The number of allylic oxidation sites excluding steroid dienone is 2. The zero-order chi connectivity index (χ0) is 14.8. The average molecular weight is 343 g/mol. The Hall–Kier alpha value is -1.87. The molecular formula is C18H15BrO2. The van der Waals surface area contributed by atoms with Gasteiger partial charge < -0.3 is 4.74 Å². The highest BCUT2D eigenvalue weighted by molar-refractivity contribution is 9.12. The molecular weight excluding hydrogens is 328 g/mol. The van der Waals surface area contributed by atoms with Crippen LogP contribution in [0.1, 0.15) is 23.5 Å². The van der Waals surface area contributed by atoms with E-state index in [9.17, 15) is 4.79 Å². The van der Waals surface area contributed by atoms with Crippen LogP contribution < -0.4 is 4.74 Å². The lowest BCUT2D eigenvalue weighted by atomic mass is 9.88. The van der Waals surface area contributed by atoms with Crippen molar-refractivity contribution in [3.8, 4) is 5.75 Å². The van der Waals surface area contributed by atoms with Crippen LogP contribution in [-0.4, -0.2) is 12.9 Å². The summed E-state index contributed by atoms with van der Waals surface area (Å²) in [6.07, 6.45) is 0.520. The van der Waals surface area contributed by atoms with Crippen LogP contribution in [0.15, 0.2) is 59.1 Å². The fraction of sp³-hybridized carbons (Fsp3) is 0.167. The number of hydrogen-bond acceptors (Lipinski definition) is 2. The Balaban J connectivity index is 2.05. The summed E-state index contributed by atoms with van der Waals surface area (Å²) in [5.41, 5.74) is 3.29. The van der Waals surface area contributed by atoms with E-state index in [0.29, 0.717) is 10.9 Å². The van der Waals surface area contributed by atoms with Crippen molar-refractivity contribution < 1.29 is 9.53 Å². The van der Waals surface area contributed by atoms with Gasteiger partial charge in [0.1, 0.15) is 5.75 Å². The third-order valence-electron chi connectivity index (χ3n) is 3.82. The van der Waals surface area contributed by atoms with E-state index in [4.69, 9.17) is 4.74 Å². The van der Waals surface area contributed by atoms with E-state index in [2.05, 4.69) is 28.1 Å². The molecule has 0 saturated heterocycles. The maximum Gasteiger partial charge on any atom is 0.171 e. The molecule has 3 rings (SSSR count). The molecule has 0 saturated carbocycles. The van der Waals surface area contributed by atoms with Crippen LogP contribution in [0, 0.1) is 0 Å². The molecule has 2 aromatic rings. The lowest BCUT2D eigenvalue weighted by molar-refractivity contribution is -0.114. The first-order valence-corrected chi connectivity index (χ1v) is 7.62. The van der Waals surface area contributed by atoms with E-state index in [0.717, 1.165) is 16.9 Å². The minimum atomic E-state index is 0.112. The molecule has 0 amide bonds. The van der Waals surface area contributed by atoms with Gasteiger partial charge in [-0.3, -0.25) is 4.79 Å². The van der Waals surface area contributed by atoms with E-state index < -0.39 is 0 Å². The Labute approximate surface area is 132 Å². The average Bonchev–Trinajstić information content (AvgIpc) is 2.84. The zero-order valence-corrected chi connectivity index (χ0v) is 13.3. The van der Waals surface area contributed by atoms with E-state index in [1.165, 1.54) is 5.56 Å². The third kappa shape index (κ3) is 2.66. The molecule has 2 nitrogen and oxygen atoms in total. The second kappa shape index (κ2) is 5.86. The summed E-state index contributed by atoms with van der Waals surface area (Å²) >= 11 is 3.48. The lowest BCUT2D eigenvalue weighted by Gasteiger charge is -2.15. The van der Waals surface area contributed by atoms with Gasteiger partial charge in [-0.15, -0.1) is 0 Å². The van der Waals surface area contributed by atoms with Gasteiger partial charge in [0.15, 0.2) is 5.78 Å². The SMILES string of the molecule is COc1ccc(C2=C(Br)C(=O)CC2c2ccccc2)cc1. The van der Waals surface area contributed by atoms with Crippen molar-refractivity contribution in [3.63, 3.8) is 0 Å². The molecule has 106 valence electrons. The predicted octanol–water partition coefficient (Wildman–Crippen LogP) is 4.56. The van der Waals surface area contributed by atoms with Crippen LogP contribution in [0.25, 0.3) is 5.57 Å². The molecule has 1 aliphatic carbocycles. The smallest absolute Gasteiger partial charge is 0.171 e. The van der Waals surface area contributed by atoms with E-state index in [1.807, 2.05) is 42.5 Å².